The van der Waals surface area contributed by atoms with E-state index in [0.29, 0.717) is 29.8 Å². The molecule has 2 N–H and O–H groups in total. The third-order valence-electron chi connectivity index (χ3n) is 4.15. The second kappa shape index (κ2) is 4.93. The molecule has 3 rings (SSSR count). The highest BCUT2D eigenvalue weighted by Gasteiger charge is 2.48. The minimum absolute atomic E-state index is 0.00820. The molecule has 5 heteroatoms. The van der Waals surface area contributed by atoms with Crippen molar-refractivity contribution < 1.29 is 9.53 Å². The Labute approximate surface area is 123 Å². The lowest BCUT2D eigenvalue weighted by Crippen LogP contribution is -2.64. The Morgan fingerprint density at radius 2 is 2.05 bits per heavy atom. The molecular formula is C15H19ClN2O2. The van der Waals surface area contributed by atoms with Gasteiger partial charge in [0, 0.05) is 0 Å². The second-order valence-corrected chi connectivity index (χ2v) is 6.34. The first-order valence-electron chi connectivity index (χ1n) is 6.98. The van der Waals surface area contributed by atoms with E-state index in [1.807, 2.05) is 25.1 Å². The summed E-state index contributed by atoms with van der Waals surface area (Å²) < 4.78 is 5.78. The fraction of sp³-hybridized carbons (Fsp3) is 0.533. The number of carbonyl (C=O) groups excluding carboxylic acids is 1. The largest absolute Gasteiger partial charge is 0.485 e. The van der Waals surface area contributed by atoms with E-state index in [0.717, 1.165) is 12.8 Å². The molecule has 20 heavy (non-hydrogen) atoms. The van der Waals surface area contributed by atoms with Gasteiger partial charge in [-0.15, -0.1) is 0 Å². The summed E-state index contributed by atoms with van der Waals surface area (Å²) in [6.07, 6.45) is 2.13. The van der Waals surface area contributed by atoms with Gasteiger partial charge in [0.05, 0.1) is 23.7 Å². The number of nitrogens with two attached hydrogens (primary N) is 1. The quantitative estimate of drug-likeness (QED) is 0.925. The monoisotopic (exact) mass is 294 g/mol. The number of hydrogen-bond donors (Lipinski definition) is 1. The highest BCUT2D eigenvalue weighted by atomic mass is 35.5. The minimum Gasteiger partial charge on any atom is -0.485 e. The molecule has 1 saturated carbocycles. The van der Waals surface area contributed by atoms with Gasteiger partial charge in [0.25, 0.3) is 0 Å². The summed E-state index contributed by atoms with van der Waals surface area (Å²) in [5, 5.41) is 0.596. The molecule has 0 spiro atoms. The van der Waals surface area contributed by atoms with Gasteiger partial charge in [0.1, 0.15) is 11.9 Å². The predicted octanol–water partition coefficient (Wildman–Crippen LogP) is 2.06. The summed E-state index contributed by atoms with van der Waals surface area (Å²) in [5.41, 5.74) is 5.43. The summed E-state index contributed by atoms with van der Waals surface area (Å²) in [6.45, 7) is 3.02. The van der Waals surface area contributed by atoms with E-state index < -0.39 is 5.54 Å². The number of benzene rings is 1. The van der Waals surface area contributed by atoms with Crippen LogP contribution in [0.5, 0.6) is 5.75 Å². The average molecular weight is 295 g/mol. The van der Waals surface area contributed by atoms with Crippen LogP contribution in [-0.4, -0.2) is 35.5 Å². The number of halogens is 1. The number of carbonyl (C=O) groups is 1. The van der Waals surface area contributed by atoms with Crippen molar-refractivity contribution in [3.8, 4) is 5.75 Å². The lowest BCUT2D eigenvalue weighted by atomic mass is 9.93. The first-order chi connectivity index (χ1) is 9.48. The summed E-state index contributed by atoms with van der Waals surface area (Å²) in [5.74, 6) is 1.06. The Bertz CT molecular complexity index is 522. The van der Waals surface area contributed by atoms with E-state index in [-0.39, 0.29) is 12.0 Å². The normalized spacial score (nSPS) is 22.1. The van der Waals surface area contributed by atoms with Gasteiger partial charge in [-0.05, 0) is 37.8 Å². The van der Waals surface area contributed by atoms with E-state index in [4.69, 9.17) is 22.1 Å². The fourth-order valence-electron chi connectivity index (χ4n) is 2.60. The molecular weight excluding hydrogens is 276 g/mol. The molecule has 1 aliphatic heterocycles. The molecule has 1 aromatic rings. The van der Waals surface area contributed by atoms with Crippen molar-refractivity contribution in [1.82, 2.24) is 4.90 Å². The van der Waals surface area contributed by atoms with E-state index in [1.54, 1.807) is 11.0 Å². The molecule has 2 fully saturated rings. The van der Waals surface area contributed by atoms with Gasteiger partial charge >= 0.3 is 0 Å². The molecule has 1 atom stereocenters. The molecule has 108 valence electrons. The second-order valence-electron chi connectivity index (χ2n) is 5.94. The maximum Gasteiger partial charge on any atom is 0.242 e. The van der Waals surface area contributed by atoms with Gasteiger partial charge in [0.2, 0.25) is 5.91 Å². The average Bonchev–Trinajstić information content (AvgIpc) is 3.19. The molecule has 2 aliphatic rings. The molecule has 4 nitrogen and oxygen atoms in total. The Kier molecular flexibility index (Phi) is 3.38. The number of nitrogens with zero attached hydrogens (tertiary/aromatic N) is 1. The SMILES string of the molecule is C[C@](N)(C(=O)N1CC(Oc2ccccc2Cl)C1)C1CC1. The highest BCUT2D eigenvalue weighted by Crippen LogP contribution is 2.39. The molecule has 0 aromatic heterocycles. The highest BCUT2D eigenvalue weighted by molar-refractivity contribution is 6.32. The molecule has 0 radical (unpaired) electrons. The number of hydrogen-bond acceptors (Lipinski definition) is 3. The number of amides is 1. The molecule has 0 bridgehead atoms. The molecule has 1 saturated heterocycles. The smallest absolute Gasteiger partial charge is 0.242 e. The minimum atomic E-state index is -0.713. The van der Waals surface area contributed by atoms with Crippen molar-refractivity contribution in [2.24, 2.45) is 11.7 Å². The molecule has 1 aliphatic carbocycles. The van der Waals surface area contributed by atoms with Crippen LogP contribution < -0.4 is 10.5 Å². The van der Waals surface area contributed by atoms with Crippen LogP contribution in [0.2, 0.25) is 5.02 Å². The maximum absolute atomic E-state index is 12.3. The molecule has 1 heterocycles. The number of rotatable bonds is 4. The van der Waals surface area contributed by atoms with Crippen LogP contribution in [0.3, 0.4) is 0 Å². The lowest BCUT2D eigenvalue weighted by molar-refractivity contribution is -0.146. The molecule has 0 unspecified atom stereocenters. The summed E-state index contributed by atoms with van der Waals surface area (Å²) in [4.78, 5) is 14.1. The van der Waals surface area contributed by atoms with Gasteiger partial charge in [-0.1, -0.05) is 23.7 Å². The van der Waals surface area contributed by atoms with Crippen molar-refractivity contribution in [3.63, 3.8) is 0 Å². The lowest BCUT2D eigenvalue weighted by Gasteiger charge is -2.42. The van der Waals surface area contributed by atoms with Gasteiger partial charge < -0.3 is 15.4 Å². The van der Waals surface area contributed by atoms with Crippen LogP contribution in [0.4, 0.5) is 0 Å². The summed E-state index contributed by atoms with van der Waals surface area (Å²) in [6, 6.07) is 7.38. The van der Waals surface area contributed by atoms with Gasteiger partial charge in [-0.2, -0.15) is 0 Å². The molecule has 1 aromatic carbocycles. The van der Waals surface area contributed by atoms with Crippen LogP contribution in [0.15, 0.2) is 24.3 Å². The van der Waals surface area contributed by atoms with Crippen LogP contribution >= 0.6 is 11.6 Å². The van der Waals surface area contributed by atoms with Crippen molar-refractivity contribution >= 4 is 17.5 Å². The topological polar surface area (TPSA) is 55.6 Å². The summed E-state index contributed by atoms with van der Waals surface area (Å²) >= 11 is 6.05. The van der Waals surface area contributed by atoms with E-state index in [2.05, 4.69) is 0 Å². The van der Waals surface area contributed by atoms with Crippen molar-refractivity contribution in [2.45, 2.75) is 31.4 Å². The number of ether oxygens (including phenoxy) is 1. The Hall–Kier alpha value is -1.26. The first-order valence-corrected chi connectivity index (χ1v) is 7.35. The van der Waals surface area contributed by atoms with Gasteiger partial charge in [0.15, 0.2) is 0 Å². The zero-order chi connectivity index (χ0) is 14.3. The Morgan fingerprint density at radius 3 is 2.65 bits per heavy atom. The summed E-state index contributed by atoms with van der Waals surface area (Å²) in [7, 11) is 0. The van der Waals surface area contributed by atoms with E-state index in [9.17, 15) is 4.79 Å². The standard InChI is InChI=1S/C15H19ClN2O2/c1-15(17,10-6-7-10)14(19)18-8-11(9-18)20-13-5-3-2-4-12(13)16/h2-5,10-11H,6-9,17H2,1H3/t15-/m1/s1. The van der Waals surface area contributed by atoms with Gasteiger partial charge in [-0.3, -0.25) is 4.79 Å². The Balaban J connectivity index is 1.54. The van der Waals surface area contributed by atoms with Crippen LogP contribution in [0.1, 0.15) is 19.8 Å². The van der Waals surface area contributed by atoms with Crippen LogP contribution in [-0.2, 0) is 4.79 Å². The zero-order valence-corrected chi connectivity index (χ0v) is 12.3. The first kappa shape index (κ1) is 13.7. The van der Waals surface area contributed by atoms with E-state index >= 15 is 0 Å². The van der Waals surface area contributed by atoms with Crippen LogP contribution in [0.25, 0.3) is 0 Å². The number of likely N-dealkylation sites (tertiary alicyclic amines) is 1. The van der Waals surface area contributed by atoms with Crippen molar-refractivity contribution in [2.75, 3.05) is 13.1 Å². The number of para-hydroxylation sites is 1. The zero-order valence-electron chi connectivity index (χ0n) is 11.5. The Morgan fingerprint density at radius 1 is 1.40 bits per heavy atom. The predicted molar refractivity (Wildman–Crippen MR) is 77.8 cm³/mol. The van der Waals surface area contributed by atoms with Crippen molar-refractivity contribution in [3.05, 3.63) is 29.3 Å². The van der Waals surface area contributed by atoms with E-state index in [1.165, 1.54) is 0 Å². The third-order valence-corrected chi connectivity index (χ3v) is 4.46. The van der Waals surface area contributed by atoms with Gasteiger partial charge in [-0.25, -0.2) is 0 Å². The maximum atomic E-state index is 12.3. The fourth-order valence-corrected chi connectivity index (χ4v) is 2.78. The third kappa shape index (κ3) is 2.50. The molecule has 1 amide bonds. The van der Waals surface area contributed by atoms with Crippen molar-refractivity contribution in [1.29, 1.82) is 0 Å². The van der Waals surface area contributed by atoms with Crippen LogP contribution in [0, 0.1) is 5.92 Å².